The van der Waals surface area contributed by atoms with Crippen molar-refractivity contribution in [3.63, 3.8) is 0 Å². The Morgan fingerprint density at radius 1 is 1.37 bits per heavy atom. The molecule has 0 spiro atoms. The molecule has 0 radical (unpaired) electrons. The molecule has 1 fully saturated rings. The molecule has 3 heteroatoms. The molecule has 0 bridgehead atoms. The molecule has 1 heterocycles. The van der Waals surface area contributed by atoms with Crippen molar-refractivity contribution in [2.75, 3.05) is 26.2 Å². The van der Waals surface area contributed by atoms with E-state index in [1.165, 1.54) is 37.1 Å². The normalized spacial score (nSPS) is 19.6. The van der Waals surface area contributed by atoms with Crippen LogP contribution in [0.1, 0.15) is 36.8 Å². The van der Waals surface area contributed by atoms with Crippen molar-refractivity contribution in [3.05, 3.63) is 34.3 Å². The molecule has 106 valence electrons. The molecule has 0 aromatic heterocycles. The summed E-state index contributed by atoms with van der Waals surface area (Å²) in [5.41, 5.74) is 8.61. The van der Waals surface area contributed by atoms with E-state index in [2.05, 4.69) is 30.9 Å². The number of rotatable bonds is 4. The highest BCUT2D eigenvalue weighted by Crippen LogP contribution is 2.25. The van der Waals surface area contributed by atoms with Gasteiger partial charge in [-0.25, -0.2) is 0 Å². The number of piperidine rings is 1. The lowest BCUT2D eigenvalue weighted by Crippen LogP contribution is -2.37. The summed E-state index contributed by atoms with van der Waals surface area (Å²) in [6.07, 6.45) is 2.62. The smallest absolute Gasteiger partial charge is 0.0409 e. The predicted molar refractivity (Wildman–Crippen MR) is 82.8 cm³/mol. The Hall–Kier alpha value is -0.570. The van der Waals surface area contributed by atoms with E-state index in [1.807, 2.05) is 6.07 Å². The molecule has 0 amide bonds. The van der Waals surface area contributed by atoms with Crippen LogP contribution in [0.15, 0.2) is 18.2 Å². The van der Waals surface area contributed by atoms with Crippen molar-refractivity contribution in [3.8, 4) is 0 Å². The maximum absolute atomic E-state index is 6.13. The summed E-state index contributed by atoms with van der Waals surface area (Å²) in [4.78, 5) is 2.55. The van der Waals surface area contributed by atoms with Crippen LogP contribution in [0.5, 0.6) is 0 Å². The summed E-state index contributed by atoms with van der Waals surface area (Å²) in [6, 6.07) is 6.14. The number of benzene rings is 1. The third-order valence-electron chi connectivity index (χ3n) is 4.32. The number of nitrogens with zero attached hydrogens (tertiary/aromatic N) is 1. The van der Waals surface area contributed by atoms with Crippen molar-refractivity contribution in [1.82, 2.24) is 4.90 Å². The number of nitrogens with two attached hydrogens (primary N) is 1. The first kappa shape index (κ1) is 14.8. The van der Waals surface area contributed by atoms with Gasteiger partial charge in [0.15, 0.2) is 0 Å². The Morgan fingerprint density at radius 3 is 2.68 bits per heavy atom. The zero-order valence-corrected chi connectivity index (χ0v) is 12.8. The fourth-order valence-electron chi connectivity index (χ4n) is 2.91. The van der Waals surface area contributed by atoms with Gasteiger partial charge in [0.25, 0.3) is 0 Å². The summed E-state index contributed by atoms with van der Waals surface area (Å²) < 4.78 is 0. The van der Waals surface area contributed by atoms with Gasteiger partial charge in [-0.15, -0.1) is 0 Å². The highest BCUT2D eigenvalue weighted by Gasteiger charge is 2.20. The van der Waals surface area contributed by atoms with Crippen molar-refractivity contribution in [2.24, 2.45) is 11.7 Å². The van der Waals surface area contributed by atoms with Crippen molar-refractivity contribution in [1.29, 1.82) is 0 Å². The first-order valence-electron chi connectivity index (χ1n) is 7.28. The van der Waals surface area contributed by atoms with Crippen molar-refractivity contribution >= 4 is 11.6 Å². The molecule has 1 atom stereocenters. The molecule has 1 aromatic carbocycles. The highest BCUT2D eigenvalue weighted by atomic mass is 35.5. The van der Waals surface area contributed by atoms with Gasteiger partial charge in [0.1, 0.15) is 0 Å². The van der Waals surface area contributed by atoms with Crippen molar-refractivity contribution in [2.45, 2.75) is 32.6 Å². The third-order valence-corrected chi connectivity index (χ3v) is 4.56. The number of hydrogen-bond acceptors (Lipinski definition) is 2. The van der Waals surface area contributed by atoms with E-state index in [1.54, 1.807) is 0 Å². The zero-order chi connectivity index (χ0) is 13.8. The van der Waals surface area contributed by atoms with Gasteiger partial charge in [-0.2, -0.15) is 0 Å². The molecule has 1 aromatic rings. The predicted octanol–water partition coefficient (Wildman–Crippen LogP) is 3.42. The molecule has 0 saturated carbocycles. The van der Waals surface area contributed by atoms with Gasteiger partial charge in [-0.05, 0) is 62.0 Å². The molecule has 1 aliphatic rings. The van der Waals surface area contributed by atoms with Gasteiger partial charge < -0.3 is 10.6 Å². The Morgan fingerprint density at radius 2 is 2.05 bits per heavy atom. The lowest BCUT2D eigenvalue weighted by Gasteiger charge is -2.33. The first-order chi connectivity index (χ1) is 9.10. The van der Waals surface area contributed by atoms with E-state index in [0.717, 1.165) is 17.5 Å². The average molecular weight is 281 g/mol. The van der Waals surface area contributed by atoms with Crippen LogP contribution in [0, 0.1) is 12.8 Å². The van der Waals surface area contributed by atoms with Crippen LogP contribution in [-0.4, -0.2) is 31.1 Å². The van der Waals surface area contributed by atoms with Crippen LogP contribution < -0.4 is 5.73 Å². The quantitative estimate of drug-likeness (QED) is 0.916. The number of hydrogen-bond donors (Lipinski definition) is 1. The molecule has 0 aliphatic carbocycles. The lowest BCUT2D eigenvalue weighted by molar-refractivity contribution is 0.183. The largest absolute Gasteiger partial charge is 0.330 e. The summed E-state index contributed by atoms with van der Waals surface area (Å²) >= 11 is 6.13. The first-order valence-corrected chi connectivity index (χ1v) is 7.66. The van der Waals surface area contributed by atoms with E-state index in [0.29, 0.717) is 12.5 Å². The summed E-state index contributed by atoms with van der Waals surface area (Å²) in [7, 11) is 0. The zero-order valence-electron chi connectivity index (χ0n) is 12.0. The molecule has 2 nitrogen and oxygen atoms in total. The summed E-state index contributed by atoms with van der Waals surface area (Å²) in [5.74, 6) is 1.27. The van der Waals surface area contributed by atoms with Gasteiger partial charge in [0.2, 0.25) is 0 Å². The Labute approximate surface area is 121 Å². The van der Waals surface area contributed by atoms with Crippen molar-refractivity contribution < 1.29 is 0 Å². The van der Waals surface area contributed by atoms with Crippen LogP contribution in [0.25, 0.3) is 0 Å². The van der Waals surface area contributed by atoms with Crippen LogP contribution in [0.2, 0.25) is 5.02 Å². The van der Waals surface area contributed by atoms with E-state index in [9.17, 15) is 0 Å². The van der Waals surface area contributed by atoms with Crippen LogP contribution in [-0.2, 0) is 0 Å². The monoisotopic (exact) mass is 280 g/mol. The molecule has 1 aliphatic heterocycles. The minimum absolute atomic E-state index is 0.395. The van der Waals surface area contributed by atoms with E-state index < -0.39 is 0 Å². The Kier molecular flexibility index (Phi) is 5.26. The second kappa shape index (κ2) is 6.74. The van der Waals surface area contributed by atoms with Crippen LogP contribution >= 0.6 is 11.6 Å². The number of aryl methyl sites for hydroxylation is 1. The van der Waals surface area contributed by atoms with Gasteiger partial charge in [0.05, 0.1) is 0 Å². The van der Waals surface area contributed by atoms with Gasteiger partial charge in [-0.1, -0.05) is 24.6 Å². The SMILES string of the molecule is Cc1ccc(Cl)cc1C(CN)CN1CCC(C)CC1. The average Bonchev–Trinajstić information content (AvgIpc) is 2.41. The van der Waals surface area contributed by atoms with Gasteiger partial charge >= 0.3 is 0 Å². The Balaban J connectivity index is 2.05. The molecular weight excluding hydrogens is 256 g/mol. The minimum Gasteiger partial charge on any atom is -0.330 e. The summed E-state index contributed by atoms with van der Waals surface area (Å²) in [6.45, 7) is 8.65. The number of likely N-dealkylation sites (tertiary alicyclic amines) is 1. The van der Waals surface area contributed by atoms with Crippen LogP contribution in [0.4, 0.5) is 0 Å². The Bertz CT molecular complexity index is 411. The van der Waals surface area contributed by atoms with E-state index in [-0.39, 0.29) is 0 Å². The maximum atomic E-state index is 6.13. The standard InChI is InChI=1S/C16H25ClN2/c1-12-5-7-19(8-6-12)11-14(10-18)16-9-15(17)4-3-13(16)2/h3-4,9,12,14H,5-8,10-11,18H2,1-2H3. The molecule has 1 unspecified atom stereocenters. The van der Waals surface area contributed by atoms with Crippen LogP contribution in [0.3, 0.4) is 0 Å². The highest BCUT2D eigenvalue weighted by molar-refractivity contribution is 6.30. The van der Waals surface area contributed by atoms with Gasteiger partial charge in [0, 0.05) is 24.0 Å². The molecule has 2 rings (SSSR count). The molecule has 1 saturated heterocycles. The second-order valence-corrected chi connectivity index (χ2v) is 6.35. The topological polar surface area (TPSA) is 29.3 Å². The molecular formula is C16H25ClN2. The maximum Gasteiger partial charge on any atom is 0.0409 e. The minimum atomic E-state index is 0.395. The third kappa shape index (κ3) is 3.95. The van der Waals surface area contributed by atoms with Gasteiger partial charge in [-0.3, -0.25) is 0 Å². The lowest BCUT2D eigenvalue weighted by atomic mass is 9.92. The molecule has 2 N–H and O–H groups in total. The number of halogens is 1. The van der Waals surface area contributed by atoms with E-state index in [4.69, 9.17) is 17.3 Å². The second-order valence-electron chi connectivity index (χ2n) is 5.92. The molecule has 19 heavy (non-hydrogen) atoms. The summed E-state index contributed by atoms with van der Waals surface area (Å²) in [5, 5.41) is 0.811. The fraction of sp³-hybridized carbons (Fsp3) is 0.625. The van der Waals surface area contributed by atoms with E-state index >= 15 is 0 Å². The fourth-order valence-corrected chi connectivity index (χ4v) is 3.09.